The zero-order valence-corrected chi connectivity index (χ0v) is 16.3. The molecule has 1 amide bonds. The molecule has 0 radical (unpaired) electrons. The number of benzene rings is 1. The molecule has 0 saturated carbocycles. The van der Waals surface area contributed by atoms with Gasteiger partial charge in [-0.05, 0) is 46.3 Å². The zero-order chi connectivity index (χ0) is 19.2. The molecule has 2 heterocycles. The van der Waals surface area contributed by atoms with Gasteiger partial charge in [0.25, 0.3) is 5.91 Å². The van der Waals surface area contributed by atoms with E-state index < -0.39 is 0 Å². The molecule has 3 aromatic rings. The van der Waals surface area contributed by atoms with Gasteiger partial charge in [-0.15, -0.1) is 0 Å². The average molecular weight is 433 g/mol. The molecule has 140 valence electrons. The number of nitrogens with one attached hydrogen (secondary N) is 1. The van der Waals surface area contributed by atoms with E-state index in [4.69, 9.17) is 14.2 Å². The van der Waals surface area contributed by atoms with Crippen molar-refractivity contribution < 1.29 is 19.0 Å². The van der Waals surface area contributed by atoms with Crippen molar-refractivity contribution in [3.63, 3.8) is 0 Å². The first-order valence-electron chi connectivity index (χ1n) is 7.91. The highest BCUT2D eigenvalue weighted by Gasteiger charge is 2.13. The van der Waals surface area contributed by atoms with E-state index in [1.807, 2.05) is 0 Å². The van der Waals surface area contributed by atoms with Gasteiger partial charge in [-0.25, -0.2) is 9.67 Å². The van der Waals surface area contributed by atoms with Crippen molar-refractivity contribution >= 4 is 27.7 Å². The average Bonchev–Trinajstić information content (AvgIpc) is 3.17. The summed E-state index contributed by atoms with van der Waals surface area (Å²) in [6, 6.07) is 10.4. The Morgan fingerprint density at radius 3 is 2.52 bits per heavy atom. The van der Waals surface area contributed by atoms with E-state index in [9.17, 15) is 4.79 Å². The Hall–Kier alpha value is -3.07. The lowest BCUT2D eigenvalue weighted by molar-refractivity contribution is 0.101. The summed E-state index contributed by atoms with van der Waals surface area (Å²) in [6.45, 7) is 0.0839. The maximum atomic E-state index is 12.3. The second-order valence-corrected chi connectivity index (χ2v) is 6.24. The maximum absolute atomic E-state index is 12.3. The topological polar surface area (TPSA) is 87.5 Å². The highest BCUT2D eigenvalue weighted by molar-refractivity contribution is 9.10. The first-order valence-corrected chi connectivity index (χ1v) is 8.70. The predicted octanol–water partition coefficient (Wildman–Crippen LogP) is 3.35. The molecular weight excluding hydrogens is 416 g/mol. The van der Waals surface area contributed by atoms with Gasteiger partial charge < -0.3 is 19.5 Å². The van der Waals surface area contributed by atoms with Gasteiger partial charge in [0, 0.05) is 16.9 Å². The number of aromatic nitrogens is 3. The zero-order valence-electron chi connectivity index (χ0n) is 14.7. The number of rotatable bonds is 7. The number of carbonyl (C=O) groups is 1. The van der Waals surface area contributed by atoms with Gasteiger partial charge in [-0.1, -0.05) is 6.07 Å². The first-order chi connectivity index (χ1) is 13.1. The molecule has 1 aromatic carbocycles. The number of pyridine rings is 1. The van der Waals surface area contributed by atoms with Crippen LogP contribution in [0, 0.1) is 0 Å². The second-order valence-electron chi connectivity index (χ2n) is 5.32. The summed E-state index contributed by atoms with van der Waals surface area (Å²) >= 11 is 3.29. The van der Waals surface area contributed by atoms with Crippen molar-refractivity contribution in [2.24, 2.45) is 0 Å². The summed E-state index contributed by atoms with van der Waals surface area (Å²) in [7, 11) is 3.10. The van der Waals surface area contributed by atoms with Crippen LogP contribution < -0.4 is 19.5 Å². The summed E-state index contributed by atoms with van der Waals surface area (Å²) in [6.07, 6.45) is 3.24. The molecular formula is C18H17BrN4O4. The third kappa shape index (κ3) is 4.56. The van der Waals surface area contributed by atoms with E-state index in [2.05, 4.69) is 31.3 Å². The number of methoxy groups -OCH3 is 2. The van der Waals surface area contributed by atoms with Gasteiger partial charge in [-0.2, -0.15) is 5.10 Å². The van der Waals surface area contributed by atoms with Crippen LogP contribution in [0.3, 0.4) is 0 Å². The van der Waals surface area contributed by atoms with E-state index in [0.717, 1.165) is 4.47 Å². The van der Waals surface area contributed by atoms with Gasteiger partial charge >= 0.3 is 0 Å². The molecule has 0 atom stereocenters. The fourth-order valence-corrected chi connectivity index (χ4v) is 2.51. The van der Waals surface area contributed by atoms with Crippen molar-refractivity contribution in [2.45, 2.75) is 6.73 Å². The van der Waals surface area contributed by atoms with Gasteiger partial charge in [0.2, 0.25) is 5.75 Å². The number of amides is 1. The molecule has 3 rings (SSSR count). The number of ether oxygens (including phenoxy) is 3. The van der Waals surface area contributed by atoms with Crippen molar-refractivity contribution in [1.29, 1.82) is 0 Å². The smallest absolute Gasteiger partial charge is 0.277 e. The van der Waals surface area contributed by atoms with E-state index in [1.165, 1.54) is 4.68 Å². The SMILES string of the molecule is COc1cccc(OC)c1OCn1ccc(C(=O)Nc2ccc(Br)cn2)n1. The van der Waals surface area contributed by atoms with Crippen LogP contribution in [0.4, 0.5) is 5.82 Å². The lowest BCUT2D eigenvalue weighted by atomic mass is 10.3. The number of carbonyl (C=O) groups excluding carboxylic acids is 1. The molecule has 0 saturated heterocycles. The highest BCUT2D eigenvalue weighted by atomic mass is 79.9. The Morgan fingerprint density at radius 2 is 1.89 bits per heavy atom. The molecule has 8 nitrogen and oxygen atoms in total. The molecule has 0 fully saturated rings. The van der Waals surface area contributed by atoms with Crippen LogP contribution in [0.2, 0.25) is 0 Å². The number of para-hydroxylation sites is 1. The molecule has 0 aliphatic heterocycles. The van der Waals surface area contributed by atoms with Gasteiger partial charge in [-0.3, -0.25) is 4.79 Å². The number of anilines is 1. The summed E-state index contributed by atoms with van der Waals surface area (Å²) in [5, 5.41) is 6.89. The summed E-state index contributed by atoms with van der Waals surface area (Å²) < 4.78 is 18.7. The second kappa shape index (κ2) is 8.54. The van der Waals surface area contributed by atoms with E-state index in [-0.39, 0.29) is 18.3 Å². The number of nitrogens with zero attached hydrogens (tertiary/aromatic N) is 3. The minimum absolute atomic E-state index is 0.0839. The van der Waals surface area contributed by atoms with Crippen LogP contribution in [0.15, 0.2) is 53.3 Å². The maximum Gasteiger partial charge on any atom is 0.277 e. The third-order valence-corrected chi connectivity index (χ3v) is 4.04. The lowest BCUT2D eigenvalue weighted by Crippen LogP contribution is -2.15. The normalized spacial score (nSPS) is 10.3. The third-order valence-electron chi connectivity index (χ3n) is 3.57. The van der Waals surface area contributed by atoms with Crippen LogP contribution in [0.5, 0.6) is 17.2 Å². The van der Waals surface area contributed by atoms with Crippen LogP contribution >= 0.6 is 15.9 Å². The van der Waals surface area contributed by atoms with E-state index >= 15 is 0 Å². The number of hydrogen-bond donors (Lipinski definition) is 1. The minimum Gasteiger partial charge on any atom is -0.493 e. The Kier molecular flexibility index (Phi) is 5.92. The molecule has 0 aliphatic rings. The van der Waals surface area contributed by atoms with Crippen LogP contribution in [0.25, 0.3) is 0 Å². The quantitative estimate of drug-likeness (QED) is 0.615. The fourth-order valence-electron chi connectivity index (χ4n) is 2.27. The standard InChI is InChI=1S/C18H17BrN4O4/c1-25-14-4-3-5-15(26-2)17(14)27-11-23-9-8-13(22-23)18(24)21-16-7-6-12(19)10-20-16/h3-10H,11H2,1-2H3,(H,20,21,24). The molecule has 2 aromatic heterocycles. The van der Waals surface area contributed by atoms with Gasteiger partial charge in [0.05, 0.1) is 14.2 Å². The molecule has 0 unspecified atom stereocenters. The molecule has 27 heavy (non-hydrogen) atoms. The predicted molar refractivity (Wildman–Crippen MR) is 102 cm³/mol. The van der Waals surface area contributed by atoms with Gasteiger partial charge in [0.15, 0.2) is 23.9 Å². The van der Waals surface area contributed by atoms with E-state index in [0.29, 0.717) is 23.1 Å². The largest absolute Gasteiger partial charge is 0.493 e. The van der Waals surface area contributed by atoms with Crippen LogP contribution in [-0.2, 0) is 6.73 Å². The summed E-state index contributed by atoms with van der Waals surface area (Å²) in [5.74, 6) is 1.62. The summed E-state index contributed by atoms with van der Waals surface area (Å²) in [5.41, 5.74) is 0.246. The van der Waals surface area contributed by atoms with Crippen molar-refractivity contribution in [3.05, 3.63) is 59.0 Å². The molecule has 0 bridgehead atoms. The summed E-state index contributed by atoms with van der Waals surface area (Å²) in [4.78, 5) is 16.4. The number of halogens is 1. The first kappa shape index (κ1) is 18.7. The Labute approximate surface area is 164 Å². The van der Waals surface area contributed by atoms with Crippen LogP contribution in [0.1, 0.15) is 10.5 Å². The van der Waals surface area contributed by atoms with Crippen LogP contribution in [-0.4, -0.2) is 34.9 Å². The molecule has 1 N–H and O–H groups in total. The van der Waals surface area contributed by atoms with Gasteiger partial charge in [0.1, 0.15) is 5.82 Å². The Bertz CT molecular complexity index is 905. The van der Waals surface area contributed by atoms with Crippen molar-refractivity contribution in [2.75, 3.05) is 19.5 Å². The van der Waals surface area contributed by atoms with Crippen molar-refractivity contribution in [1.82, 2.24) is 14.8 Å². The monoisotopic (exact) mass is 432 g/mol. The lowest BCUT2D eigenvalue weighted by Gasteiger charge is -2.13. The molecule has 9 heteroatoms. The van der Waals surface area contributed by atoms with E-state index in [1.54, 1.807) is 63.0 Å². The highest BCUT2D eigenvalue weighted by Crippen LogP contribution is 2.36. The molecule has 0 spiro atoms. The Morgan fingerprint density at radius 1 is 1.15 bits per heavy atom. The Balaban J connectivity index is 1.66. The minimum atomic E-state index is -0.363. The van der Waals surface area contributed by atoms with Crippen molar-refractivity contribution in [3.8, 4) is 17.2 Å². The number of hydrogen-bond acceptors (Lipinski definition) is 6. The fraction of sp³-hybridized carbons (Fsp3) is 0.167. The molecule has 0 aliphatic carbocycles.